The minimum absolute atomic E-state index is 0.180. The van der Waals surface area contributed by atoms with Gasteiger partial charge in [0.05, 0.1) is 10.5 Å². The number of hydrogen-bond donors (Lipinski definition) is 1. The lowest BCUT2D eigenvalue weighted by Crippen LogP contribution is -2.39. The van der Waals surface area contributed by atoms with Gasteiger partial charge in [0, 0.05) is 24.1 Å². The Kier molecular flexibility index (Phi) is 4.67. The zero-order valence-corrected chi connectivity index (χ0v) is 13.5. The maximum Gasteiger partial charge on any atom is 0.417 e. The Balaban J connectivity index is 2.49. The second-order valence-electron chi connectivity index (χ2n) is 4.81. The maximum atomic E-state index is 13.1. The third-order valence-electron chi connectivity index (χ3n) is 3.45. The minimum atomic E-state index is -4.74. The van der Waals surface area contributed by atoms with Gasteiger partial charge in [-0.1, -0.05) is 15.9 Å². The quantitative estimate of drug-likeness (QED) is 0.867. The number of sulfonamides is 1. The number of rotatable bonds is 3. The summed E-state index contributed by atoms with van der Waals surface area (Å²) in [5.41, 5.74) is -1.16. The van der Waals surface area contributed by atoms with Crippen molar-refractivity contribution < 1.29 is 21.6 Å². The van der Waals surface area contributed by atoms with Gasteiger partial charge in [-0.3, -0.25) is 0 Å². The highest BCUT2D eigenvalue weighted by Crippen LogP contribution is 2.37. The highest BCUT2D eigenvalue weighted by Gasteiger charge is 2.40. The first kappa shape index (κ1) is 16.7. The first-order valence-corrected chi connectivity index (χ1v) is 8.43. The van der Waals surface area contributed by atoms with Crippen LogP contribution >= 0.6 is 15.9 Å². The average Bonchev–Trinajstić information content (AvgIpc) is 2.90. The van der Waals surface area contributed by atoms with E-state index in [2.05, 4.69) is 21.2 Å². The van der Waals surface area contributed by atoms with Crippen LogP contribution in [0.25, 0.3) is 0 Å². The van der Waals surface area contributed by atoms with Crippen LogP contribution in [0.1, 0.15) is 12.0 Å². The normalized spacial score (nSPS) is 20.2. The Hall–Kier alpha value is -0.640. The predicted octanol–water partition coefficient (Wildman–Crippen LogP) is 2.45. The molecular formula is C12H14BrF3N2O2S. The molecule has 0 amide bonds. The summed E-state index contributed by atoms with van der Waals surface area (Å²) in [5.74, 6) is 0. The van der Waals surface area contributed by atoms with E-state index in [1.165, 1.54) is 13.1 Å². The minimum Gasteiger partial charge on any atom is -0.315 e. The van der Waals surface area contributed by atoms with Gasteiger partial charge in [0.2, 0.25) is 10.0 Å². The summed E-state index contributed by atoms with van der Waals surface area (Å²) in [6, 6.07) is 2.73. The lowest BCUT2D eigenvalue weighted by atomic mass is 10.2. The van der Waals surface area contributed by atoms with Crippen LogP contribution in [0.5, 0.6) is 0 Å². The van der Waals surface area contributed by atoms with E-state index in [1.807, 2.05) is 0 Å². The largest absolute Gasteiger partial charge is 0.417 e. The number of likely N-dealkylation sites (N-methyl/N-ethyl adjacent to an activating group) is 1. The first-order valence-electron chi connectivity index (χ1n) is 6.19. The molecule has 1 aromatic rings. The van der Waals surface area contributed by atoms with Crippen molar-refractivity contribution in [2.45, 2.75) is 23.5 Å². The summed E-state index contributed by atoms with van der Waals surface area (Å²) in [4.78, 5) is -0.715. The molecule has 0 spiro atoms. The molecule has 1 unspecified atom stereocenters. The molecular weight excluding hydrogens is 373 g/mol. The topological polar surface area (TPSA) is 49.4 Å². The molecule has 1 aliphatic rings. The Morgan fingerprint density at radius 3 is 2.57 bits per heavy atom. The number of nitrogens with one attached hydrogen (secondary N) is 1. The van der Waals surface area contributed by atoms with E-state index in [4.69, 9.17) is 0 Å². The maximum absolute atomic E-state index is 13.1. The molecule has 1 aliphatic heterocycles. The fourth-order valence-electron chi connectivity index (χ4n) is 2.25. The molecule has 0 aliphatic carbocycles. The fraction of sp³-hybridized carbons (Fsp3) is 0.500. The van der Waals surface area contributed by atoms with Crippen molar-refractivity contribution in [3.8, 4) is 0 Å². The van der Waals surface area contributed by atoms with Gasteiger partial charge in [-0.05, 0) is 31.2 Å². The van der Waals surface area contributed by atoms with Crippen LogP contribution in [0.2, 0.25) is 0 Å². The predicted molar refractivity (Wildman–Crippen MR) is 75.4 cm³/mol. The monoisotopic (exact) mass is 386 g/mol. The number of halogens is 4. The van der Waals surface area contributed by atoms with Crippen LogP contribution in [0, 0.1) is 0 Å². The molecule has 1 fully saturated rings. The van der Waals surface area contributed by atoms with Crippen molar-refractivity contribution in [2.24, 2.45) is 0 Å². The van der Waals surface area contributed by atoms with Gasteiger partial charge >= 0.3 is 6.18 Å². The molecule has 0 radical (unpaired) electrons. The molecule has 118 valence electrons. The van der Waals surface area contributed by atoms with Crippen molar-refractivity contribution in [3.05, 3.63) is 28.2 Å². The van der Waals surface area contributed by atoms with Crippen molar-refractivity contribution in [1.82, 2.24) is 9.62 Å². The van der Waals surface area contributed by atoms with Gasteiger partial charge < -0.3 is 5.32 Å². The highest BCUT2D eigenvalue weighted by molar-refractivity contribution is 9.10. The zero-order chi connectivity index (χ0) is 15.8. The Morgan fingerprint density at radius 2 is 2.05 bits per heavy atom. The van der Waals surface area contributed by atoms with Crippen molar-refractivity contribution in [3.63, 3.8) is 0 Å². The van der Waals surface area contributed by atoms with Gasteiger partial charge in [0.15, 0.2) is 0 Å². The summed E-state index contributed by atoms with van der Waals surface area (Å²) in [5, 5.41) is 2.99. The van der Waals surface area contributed by atoms with Crippen molar-refractivity contribution >= 4 is 26.0 Å². The average molecular weight is 387 g/mol. The molecule has 1 saturated heterocycles. The third-order valence-corrected chi connectivity index (χ3v) is 5.91. The van der Waals surface area contributed by atoms with Crippen LogP contribution in [-0.4, -0.2) is 38.9 Å². The summed E-state index contributed by atoms with van der Waals surface area (Å²) >= 11 is 2.94. The Morgan fingerprint density at radius 1 is 1.38 bits per heavy atom. The van der Waals surface area contributed by atoms with Crippen molar-refractivity contribution in [1.29, 1.82) is 0 Å². The van der Waals surface area contributed by atoms with Crippen molar-refractivity contribution in [2.75, 3.05) is 20.1 Å². The molecule has 2 rings (SSSR count). The van der Waals surface area contributed by atoms with Gasteiger partial charge in [-0.2, -0.15) is 17.5 Å². The van der Waals surface area contributed by atoms with Crippen LogP contribution in [0.4, 0.5) is 13.2 Å². The number of alkyl halides is 3. The number of benzene rings is 1. The van der Waals surface area contributed by atoms with Crippen LogP contribution < -0.4 is 5.32 Å². The third kappa shape index (κ3) is 3.41. The molecule has 1 heterocycles. The van der Waals surface area contributed by atoms with E-state index in [0.717, 1.165) is 16.4 Å². The standard InChI is InChI=1S/C12H14BrF3N2O2S/c1-18(9-4-5-17-7-9)21(19,20)11-3-2-8(13)6-10(11)12(14,15)16/h2-3,6,9,17H,4-5,7H2,1H3. The second kappa shape index (κ2) is 5.86. The highest BCUT2D eigenvalue weighted by atomic mass is 79.9. The van der Waals surface area contributed by atoms with E-state index in [9.17, 15) is 21.6 Å². The van der Waals surface area contributed by atoms with Crippen LogP contribution in [0.15, 0.2) is 27.6 Å². The van der Waals surface area contributed by atoms with E-state index in [0.29, 0.717) is 19.5 Å². The van der Waals surface area contributed by atoms with Crippen LogP contribution in [0.3, 0.4) is 0 Å². The molecule has 1 atom stereocenters. The lowest BCUT2D eigenvalue weighted by Gasteiger charge is -2.25. The smallest absolute Gasteiger partial charge is 0.315 e. The molecule has 4 nitrogen and oxygen atoms in total. The Bertz CT molecular complexity index is 628. The van der Waals surface area contributed by atoms with E-state index in [1.54, 1.807) is 0 Å². The number of hydrogen-bond acceptors (Lipinski definition) is 3. The summed E-state index contributed by atoms with van der Waals surface area (Å²) < 4.78 is 65.4. The molecule has 21 heavy (non-hydrogen) atoms. The van der Waals surface area contributed by atoms with E-state index < -0.39 is 26.7 Å². The molecule has 0 saturated carbocycles. The molecule has 1 N–H and O–H groups in total. The lowest BCUT2D eigenvalue weighted by molar-refractivity contribution is -0.140. The van der Waals surface area contributed by atoms with E-state index >= 15 is 0 Å². The Labute approximate surface area is 129 Å². The molecule has 0 aromatic heterocycles. The van der Waals surface area contributed by atoms with Gasteiger partial charge in [0.25, 0.3) is 0 Å². The second-order valence-corrected chi connectivity index (χ2v) is 7.69. The fourth-order valence-corrected chi connectivity index (χ4v) is 4.19. The van der Waals surface area contributed by atoms with E-state index in [-0.39, 0.29) is 10.5 Å². The van der Waals surface area contributed by atoms with Gasteiger partial charge in [-0.25, -0.2) is 8.42 Å². The summed E-state index contributed by atoms with van der Waals surface area (Å²) in [6.07, 6.45) is -4.16. The summed E-state index contributed by atoms with van der Waals surface area (Å²) in [6.45, 7) is 1.09. The SMILES string of the molecule is CN(C1CCNC1)S(=O)(=O)c1ccc(Br)cc1C(F)(F)F. The summed E-state index contributed by atoms with van der Waals surface area (Å²) in [7, 11) is -2.89. The van der Waals surface area contributed by atoms with Gasteiger partial charge in [0.1, 0.15) is 0 Å². The number of nitrogens with zero attached hydrogens (tertiary/aromatic N) is 1. The first-order chi connectivity index (χ1) is 9.64. The van der Waals surface area contributed by atoms with Gasteiger partial charge in [-0.15, -0.1) is 0 Å². The van der Waals surface area contributed by atoms with Crippen LogP contribution in [-0.2, 0) is 16.2 Å². The zero-order valence-electron chi connectivity index (χ0n) is 11.1. The molecule has 1 aromatic carbocycles. The molecule has 9 heteroatoms. The molecule has 0 bridgehead atoms.